The van der Waals surface area contributed by atoms with Gasteiger partial charge in [0, 0.05) is 33.9 Å². The lowest BCUT2D eigenvalue weighted by Gasteiger charge is -2.08. The molecule has 0 fully saturated rings. The molecule has 25 heavy (non-hydrogen) atoms. The van der Waals surface area contributed by atoms with E-state index in [0.29, 0.717) is 15.6 Å². The van der Waals surface area contributed by atoms with E-state index >= 15 is 0 Å². The Morgan fingerprint density at radius 3 is 2.12 bits per heavy atom. The monoisotopic (exact) mass is 453 g/mol. The molecular weight excluding hydrogens is 441 g/mol. The topological polar surface area (TPSA) is 129 Å². The van der Waals surface area contributed by atoms with E-state index < -0.39 is 15.8 Å². The van der Waals surface area contributed by atoms with Gasteiger partial charge in [-0.2, -0.15) is 0 Å². The Morgan fingerprint density at radius 1 is 1.04 bits per heavy atom. The lowest BCUT2D eigenvalue weighted by molar-refractivity contribution is -0.385. The second-order valence-corrected chi connectivity index (χ2v) is 6.25. The molecule has 0 unspecified atom stereocenters. The van der Waals surface area contributed by atoms with Crippen LogP contribution in [0.15, 0.2) is 42.5 Å². The second kappa shape index (κ2) is 7.83. The predicted molar refractivity (Wildman–Crippen MR) is 99.9 cm³/mol. The smallest absolute Gasteiger partial charge is 0.270 e. The maximum Gasteiger partial charge on any atom is 0.270 e. The Labute approximate surface area is 155 Å². The van der Waals surface area contributed by atoms with Crippen LogP contribution in [0, 0.1) is 23.8 Å². The molecular formula is C16H12IN3O5. The number of nitrogens with zero attached hydrogens (tertiary/aromatic N) is 2. The van der Waals surface area contributed by atoms with Crippen LogP contribution in [0.1, 0.15) is 16.7 Å². The van der Waals surface area contributed by atoms with Gasteiger partial charge in [0.2, 0.25) is 5.91 Å². The first-order valence-corrected chi connectivity index (χ1v) is 8.03. The fourth-order valence-electron chi connectivity index (χ4n) is 2.18. The zero-order valence-corrected chi connectivity index (χ0v) is 14.9. The number of nitro benzene ring substituents is 2. The number of hydrogen-bond donors (Lipinski definition) is 1. The van der Waals surface area contributed by atoms with E-state index in [4.69, 9.17) is 5.73 Å². The van der Waals surface area contributed by atoms with E-state index in [-0.39, 0.29) is 11.4 Å². The van der Waals surface area contributed by atoms with Crippen molar-refractivity contribution >= 4 is 45.9 Å². The highest BCUT2D eigenvalue weighted by Crippen LogP contribution is 2.26. The van der Waals surface area contributed by atoms with Gasteiger partial charge in [0.25, 0.3) is 11.4 Å². The first-order valence-electron chi connectivity index (χ1n) is 6.95. The third-order valence-electron chi connectivity index (χ3n) is 3.40. The highest BCUT2D eigenvalue weighted by Gasteiger charge is 2.13. The van der Waals surface area contributed by atoms with E-state index in [2.05, 4.69) is 0 Å². The molecule has 0 aliphatic heterocycles. The molecule has 2 rings (SSSR count). The van der Waals surface area contributed by atoms with Crippen molar-refractivity contribution in [2.75, 3.05) is 0 Å². The molecule has 0 atom stereocenters. The summed E-state index contributed by atoms with van der Waals surface area (Å²) in [6.45, 7) is 0. The fraction of sp³-hybridized carbons (Fsp3) is 0.0625. The van der Waals surface area contributed by atoms with E-state index in [1.807, 2.05) is 22.6 Å². The van der Waals surface area contributed by atoms with Crippen molar-refractivity contribution < 1.29 is 14.6 Å². The molecule has 0 saturated heterocycles. The molecule has 8 nitrogen and oxygen atoms in total. The third-order valence-corrected chi connectivity index (χ3v) is 4.40. The molecule has 0 saturated carbocycles. The van der Waals surface area contributed by atoms with Gasteiger partial charge in [-0.15, -0.1) is 0 Å². The normalized spacial score (nSPS) is 10.8. The average molecular weight is 453 g/mol. The van der Waals surface area contributed by atoms with Gasteiger partial charge in [-0.05, 0) is 51.8 Å². The molecule has 0 heterocycles. The Hall–Kier alpha value is -2.82. The van der Waals surface area contributed by atoms with Crippen LogP contribution in [-0.2, 0) is 11.2 Å². The first-order chi connectivity index (χ1) is 11.8. The molecule has 0 radical (unpaired) electrons. The van der Waals surface area contributed by atoms with Gasteiger partial charge < -0.3 is 5.73 Å². The van der Waals surface area contributed by atoms with Crippen molar-refractivity contribution in [3.8, 4) is 0 Å². The zero-order chi connectivity index (χ0) is 18.6. The summed E-state index contributed by atoms with van der Waals surface area (Å²) in [6.07, 6.45) is 2.94. The van der Waals surface area contributed by atoms with Crippen molar-refractivity contribution in [2.45, 2.75) is 6.42 Å². The number of halogens is 1. The summed E-state index contributed by atoms with van der Waals surface area (Å²) >= 11 is 2.00. The van der Waals surface area contributed by atoms with Crippen molar-refractivity contribution in [3.63, 3.8) is 0 Å². The van der Waals surface area contributed by atoms with Gasteiger partial charge in [0.1, 0.15) is 0 Å². The van der Waals surface area contributed by atoms with E-state index in [9.17, 15) is 25.0 Å². The number of primary amides is 1. The van der Waals surface area contributed by atoms with Crippen LogP contribution in [0.25, 0.3) is 6.08 Å². The van der Waals surface area contributed by atoms with Crippen LogP contribution in [0.3, 0.4) is 0 Å². The predicted octanol–water partition coefficient (Wildman–Crippen LogP) is 3.20. The zero-order valence-electron chi connectivity index (χ0n) is 12.7. The summed E-state index contributed by atoms with van der Waals surface area (Å²) in [4.78, 5) is 31.7. The lowest BCUT2D eigenvalue weighted by atomic mass is 9.98. The Balaban J connectivity index is 2.43. The van der Waals surface area contributed by atoms with Crippen LogP contribution < -0.4 is 5.73 Å². The number of carbonyl (C=O) groups excluding carboxylic acids is 1. The van der Waals surface area contributed by atoms with Crippen LogP contribution in [0.4, 0.5) is 11.4 Å². The number of nitrogens with two attached hydrogens (primary N) is 1. The molecule has 9 heteroatoms. The van der Waals surface area contributed by atoms with Crippen LogP contribution in [0.2, 0.25) is 0 Å². The van der Waals surface area contributed by atoms with Gasteiger partial charge in [0.15, 0.2) is 0 Å². The van der Waals surface area contributed by atoms with Crippen LogP contribution in [-0.4, -0.2) is 15.8 Å². The summed E-state index contributed by atoms with van der Waals surface area (Å²) in [7, 11) is 0. The maximum atomic E-state index is 11.0. The molecule has 2 aromatic carbocycles. The Bertz CT molecular complexity index is 895. The third kappa shape index (κ3) is 4.83. The summed E-state index contributed by atoms with van der Waals surface area (Å²) in [5, 5.41) is 21.8. The second-order valence-electron chi connectivity index (χ2n) is 5.09. The largest absolute Gasteiger partial charge is 0.366 e. The average Bonchev–Trinajstić information content (AvgIpc) is 2.55. The molecule has 0 aliphatic rings. The van der Waals surface area contributed by atoms with Crippen LogP contribution in [0.5, 0.6) is 0 Å². The summed E-state index contributed by atoms with van der Waals surface area (Å²) < 4.78 is 0.704. The highest BCUT2D eigenvalue weighted by molar-refractivity contribution is 14.1. The van der Waals surface area contributed by atoms with E-state index in [0.717, 1.165) is 17.2 Å². The number of hydrogen-bond acceptors (Lipinski definition) is 5. The summed E-state index contributed by atoms with van der Waals surface area (Å²) in [5.41, 5.74) is 7.02. The number of benzene rings is 2. The molecule has 2 N–H and O–H groups in total. The Morgan fingerprint density at radius 2 is 1.60 bits per heavy atom. The first kappa shape index (κ1) is 18.5. The van der Waals surface area contributed by atoms with Gasteiger partial charge in [-0.3, -0.25) is 25.0 Å². The van der Waals surface area contributed by atoms with E-state index in [1.165, 1.54) is 30.3 Å². The SMILES string of the molecule is NC(=O)/C=C/c1cc([N+](=O)[O-])ccc1Cc1ccc([N+](=O)[O-])cc1I. The number of non-ortho nitro benzene ring substituents is 2. The van der Waals surface area contributed by atoms with Crippen molar-refractivity contribution in [2.24, 2.45) is 5.73 Å². The highest BCUT2D eigenvalue weighted by atomic mass is 127. The van der Waals surface area contributed by atoms with Gasteiger partial charge in [-0.1, -0.05) is 12.1 Å². The van der Waals surface area contributed by atoms with E-state index in [1.54, 1.807) is 12.1 Å². The molecule has 0 spiro atoms. The quantitative estimate of drug-likeness (QED) is 0.311. The van der Waals surface area contributed by atoms with Crippen LogP contribution >= 0.6 is 22.6 Å². The Kier molecular flexibility index (Phi) is 5.80. The molecule has 0 aliphatic carbocycles. The van der Waals surface area contributed by atoms with Gasteiger partial charge >= 0.3 is 0 Å². The minimum Gasteiger partial charge on any atom is -0.366 e. The molecule has 0 aromatic heterocycles. The summed E-state index contributed by atoms with van der Waals surface area (Å²) in [6, 6.07) is 8.82. The number of rotatable bonds is 6. The van der Waals surface area contributed by atoms with Crippen molar-refractivity contribution in [3.05, 3.63) is 83.0 Å². The number of carbonyl (C=O) groups is 1. The maximum absolute atomic E-state index is 11.0. The van der Waals surface area contributed by atoms with Crippen molar-refractivity contribution in [1.82, 2.24) is 0 Å². The standard InChI is InChI=1S/C16H12IN3O5/c17-15-9-14(20(24)25)5-2-12(15)7-10-1-4-13(19(22)23)8-11(10)3-6-16(18)21/h1-6,8-9H,7H2,(H2,18,21)/b6-3+. The fourth-order valence-corrected chi connectivity index (χ4v) is 2.87. The number of nitro groups is 2. The minimum atomic E-state index is -0.664. The van der Waals surface area contributed by atoms with Crippen molar-refractivity contribution in [1.29, 1.82) is 0 Å². The lowest BCUT2D eigenvalue weighted by Crippen LogP contribution is -2.05. The molecule has 2 aromatic rings. The number of amides is 1. The van der Waals surface area contributed by atoms with Gasteiger partial charge in [0.05, 0.1) is 9.85 Å². The minimum absolute atomic E-state index is 0.00861. The summed E-state index contributed by atoms with van der Waals surface area (Å²) in [5.74, 6) is -0.664. The molecule has 1 amide bonds. The molecule has 0 bridgehead atoms. The van der Waals surface area contributed by atoms with Gasteiger partial charge in [-0.25, -0.2) is 0 Å². The molecule has 128 valence electrons.